The summed E-state index contributed by atoms with van der Waals surface area (Å²) in [7, 11) is 0.707. The van der Waals surface area contributed by atoms with Gasteiger partial charge in [0, 0.05) is 38.4 Å². The van der Waals surface area contributed by atoms with Gasteiger partial charge in [-0.15, -0.1) is 0 Å². The molecule has 4 rings (SSSR count). The second-order valence-corrected chi connectivity index (χ2v) is 11.1. The monoisotopic (exact) mass is 548 g/mol. The number of thioether (sulfide) groups is 1. The Morgan fingerprint density at radius 1 is 1.35 bits per heavy atom. The summed E-state index contributed by atoms with van der Waals surface area (Å²) in [4.78, 5) is 16.1. The van der Waals surface area contributed by atoms with Gasteiger partial charge in [-0.25, -0.2) is 18.0 Å². The maximum Gasteiger partial charge on any atom is 0.250 e. The molecule has 202 valence electrons. The lowest BCUT2D eigenvalue weighted by molar-refractivity contribution is 0.1000. The van der Waals surface area contributed by atoms with E-state index in [-0.39, 0.29) is 6.10 Å². The molecule has 3 heterocycles. The fraction of sp³-hybridized carbons (Fsp3) is 0.480. The SMILES string of the molecule is COCCSC.Cc1ccc(Nc2ncnn3cc(C(N)=O)c(C)c23)c(OC2CCCN(S(C)=O)C2)c1. The Bertz CT molecular complexity index is 1230. The quantitative estimate of drug-likeness (QED) is 0.390. The van der Waals surface area contributed by atoms with Crippen LogP contribution in [-0.4, -0.2) is 80.2 Å². The molecule has 0 radical (unpaired) electrons. The Hall–Kier alpha value is -2.67. The van der Waals surface area contributed by atoms with Crippen molar-refractivity contribution in [2.45, 2.75) is 32.8 Å². The predicted molar refractivity (Wildman–Crippen MR) is 150 cm³/mol. The summed E-state index contributed by atoms with van der Waals surface area (Å²) in [6.07, 6.45) is 8.57. The molecule has 2 atom stereocenters. The van der Waals surface area contributed by atoms with Crippen LogP contribution in [-0.2, 0) is 15.7 Å². The molecule has 2 aromatic heterocycles. The number of carbonyl (C=O) groups excluding carboxylic acids is 1. The van der Waals surface area contributed by atoms with Crippen molar-refractivity contribution < 1.29 is 18.5 Å². The maximum absolute atomic E-state index is 11.9. The van der Waals surface area contributed by atoms with Crippen LogP contribution < -0.4 is 15.8 Å². The van der Waals surface area contributed by atoms with E-state index in [9.17, 15) is 9.00 Å². The number of benzene rings is 1. The van der Waals surface area contributed by atoms with E-state index in [1.54, 1.807) is 35.8 Å². The number of nitrogens with one attached hydrogen (secondary N) is 1. The number of ether oxygens (including phenoxy) is 2. The van der Waals surface area contributed by atoms with Crippen molar-refractivity contribution in [1.29, 1.82) is 0 Å². The van der Waals surface area contributed by atoms with Gasteiger partial charge in [0.1, 0.15) is 23.7 Å². The molecule has 1 saturated heterocycles. The molecule has 1 fully saturated rings. The van der Waals surface area contributed by atoms with E-state index < -0.39 is 16.9 Å². The van der Waals surface area contributed by atoms with Gasteiger partial charge in [-0.2, -0.15) is 16.9 Å². The normalized spacial score (nSPS) is 16.6. The van der Waals surface area contributed by atoms with Crippen molar-refractivity contribution in [2.24, 2.45) is 5.73 Å². The van der Waals surface area contributed by atoms with Crippen LogP contribution >= 0.6 is 11.8 Å². The highest BCUT2D eigenvalue weighted by Gasteiger charge is 2.24. The third-order valence-corrected chi connectivity index (χ3v) is 7.61. The fourth-order valence-electron chi connectivity index (χ4n) is 4.04. The number of piperidine rings is 1. The molecule has 1 aromatic carbocycles. The number of rotatable bonds is 9. The number of methoxy groups -OCH3 is 1. The van der Waals surface area contributed by atoms with Crippen LogP contribution in [0.15, 0.2) is 30.7 Å². The Balaban J connectivity index is 0.000000568. The van der Waals surface area contributed by atoms with Crippen molar-refractivity contribution in [1.82, 2.24) is 18.9 Å². The number of carbonyl (C=O) groups is 1. The van der Waals surface area contributed by atoms with Crippen LogP contribution in [0.1, 0.15) is 34.3 Å². The number of primary amides is 1. The first-order valence-corrected chi connectivity index (χ1v) is 14.9. The van der Waals surface area contributed by atoms with Gasteiger partial charge in [0.15, 0.2) is 5.82 Å². The van der Waals surface area contributed by atoms with Crippen molar-refractivity contribution in [3.8, 4) is 5.75 Å². The van der Waals surface area contributed by atoms with Gasteiger partial charge in [-0.1, -0.05) is 6.07 Å². The number of hydrogen-bond acceptors (Lipinski definition) is 8. The number of amides is 1. The van der Waals surface area contributed by atoms with Gasteiger partial charge in [0.25, 0.3) is 5.91 Å². The Morgan fingerprint density at radius 3 is 2.78 bits per heavy atom. The largest absolute Gasteiger partial charge is 0.487 e. The van der Waals surface area contributed by atoms with Crippen LogP contribution in [0.25, 0.3) is 5.52 Å². The number of anilines is 2. The molecule has 1 aliphatic rings. The van der Waals surface area contributed by atoms with Gasteiger partial charge in [-0.3, -0.25) is 4.79 Å². The van der Waals surface area contributed by atoms with Gasteiger partial charge >= 0.3 is 0 Å². The highest BCUT2D eigenvalue weighted by molar-refractivity contribution is 7.98. The first-order chi connectivity index (χ1) is 17.7. The molecule has 1 amide bonds. The molecule has 0 aliphatic carbocycles. The number of hydrogen-bond donors (Lipinski definition) is 2. The third kappa shape index (κ3) is 7.67. The molecule has 0 saturated carbocycles. The van der Waals surface area contributed by atoms with E-state index in [1.807, 2.05) is 36.4 Å². The van der Waals surface area contributed by atoms with Gasteiger partial charge in [0.05, 0.1) is 28.8 Å². The van der Waals surface area contributed by atoms with E-state index in [0.717, 1.165) is 43.0 Å². The molecule has 0 bridgehead atoms. The van der Waals surface area contributed by atoms with Gasteiger partial charge in [-0.05, 0) is 56.2 Å². The fourth-order valence-corrected chi connectivity index (χ4v) is 5.14. The number of nitrogens with zero attached hydrogens (tertiary/aromatic N) is 4. The summed E-state index contributed by atoms with van der Waals surface area (Å²) in [5.74, 6) is 1.85. The number of aromatic nitrogens is 3. The lowest BCUT2D eigenvalue weighted by Crippen LogP contribution is -2.41. The zero-order chi connectivity index (χ0) is 26.9. The van der Waals surface area contributed by atoms with E-state index in [1.165, 1.54) is 6.33 Å². The van der Waals surface area contributed by atoms with Crippen LogP contribution in [0.3, 0.4) is 0 Å². The van der Waals surface area contributed by atoms with E-state index in [0.29, 0.717) is 34.8 Å². The van der Waals surface area contributed by atoms with Crippen LogP contribution in [0.2, 0.25) is 0 Å². The number of fused-ring (bicyclic) bond motifs is 1. The summed E-state index contributed by atoms with van der Waals surface area (Å²) in [5.41, 5.74) is 9.09. The molecule has 2 unspecified atom stereocenters. The van der Waals surface area contributed by atoms with Crippen molar-refractivity contribution in [2.75, 3.05) is 50.4 Å². The first kappa shape index (κ1) is 28.9. The minimum absolute atomic E-state index is 0.0538. The topological polar surface area (TPSA) is 124 Å². The van der Waals surface area contributed by atoms with E-state index >= 15 is 0 Å². The third-order valence-electron chi connectivity index (χ3n) is 5.97. The summed E-state index contributed by atoms with van der Waals surface area (Å²) in [6.45, 7) is 6.13. The molecule has 12 heteroatoms. The zero-order valence-corrected chi connectivity index (χ0v) is 23.7. The molecule has 10 nitrogen and oxygen atoms in total. The Labute approximate surface area is 224 Å². The van der Waals surface area contributed by atoms with Crippen LogP contribution in [0, 0.1) is 13.8 Å². The second kappa shape index (κ2) is 13.8. The van der Waals surface area contributed by atoms with Crippen LogP contribution in [0.5, 0.6) is 5.75 Å². The van der Waals surface area contributed by atoms with E-state index in [4.69, 9.17) is 15.2 Å². The van der Waals surface area contributed by atoms with Gasteiger partial charge in [0.2, 0.25) is 0 Å². The molecule has 3 aromatic rings. The summed E-state index contributed by atoms with van der Waals surface area (Å²) in [6, 6.07) is 5.90. The lowest BCUT2D eigenvalue weighted by atomic mass is 10.1. The minimum atomic E-state index is -1.01. The second-order valence-electron chi connectivity index (χ2n) is 8.74. The summed E-state index contributed by atoms with van der Waals surface area (Å²) >= 11 is 1.80. The molecule has 1 aliphatic heterocycles. The smallest absolute Gasteiger partial charge is 0.250 e. The number of nitrogens with two attached hydrogens (primary N) is 1. The Morgan fingerprint density at radius 2 is 2.14 bits per heavy atom. The number of aryl methyl sites for hydroxylation is 2. The standard InChI is InChI=1S/C21H26N6O3S.C4H10OS/c1-13-6-7-17(18(9-13)30-15-5-4-8-26(10-15)31(3)29)25-21-19-14(2)16(20(22)28)11-27(19)24-12-23-21;1-5-3-4-6-2/h6-7,9,11-12,15H,4-5,8,10H2,1-3H3,(H2,22,28)(H,23,24,25);3-4H2,1-2H3. The highest BCUT2D eigenvalue weighted by Crippen LogP contribution is 2.33. The maximum atomic E-state index is 11.9. The van der Waals surface area contributed by atoms with E-state index in [2.05, 4.69) is 21.7 Å². The molecule has 3 N–H and O–H groups in total. The average molecular weight is 549 g/mol. The molecular formula is C25H36N6O4S2. The van der Waals surface area contributed by atoms with Gasteiger partial charge < -0.3 is 20.5 Å². The predicted octanol–water partition coefficient (Wildman–Crippen LogP) is 3.32. The van der Waals surface area contributed by atoms with Crippen molar-refractivity contribution in [3.63, 3.8) is 0 Å². The Kier molecular flexibility index (Phi) is 10.7. The van der Waals surface area contributed by atoms with Crippen molar-refractivity contribution >= 4 is 45.7 Å². The molecule has 37 heavy (non-hydrogen) atoms. The summed E-state index contributed by atoms with van der Waals surface area (Å²) in [5, 5.41) is 7.53. The average Bonchev–Trinajstić information content (AvgIpc) is 3.22. The van der Waals surface area contributed by atoms with Crippen LogP contribution in [0.4, 0.5) is 11.5 Å². The van der Waals surface area contributed by atoms with Crippen molar-refractivity contribution in [3.05, 3.63) is 47.4 Å². The zero-order valence-electron chi connectivity index (χ0n) is 22.0. The first-order valence-electron chi connectivity index (χ1n) is 12.0. The molecular weight excluding hydrogens is 512 g/mol. The molecule has 0 spiro atoms. The lowest BCUT2D eigenvalue weighted by Gasteiger charge is -2.31. The summed E-state index contributed by atoms with van der Waals surface area (Å²) < 4.78 is 26.5. The highest BCUT2D eigenvalue weighted by atomic mass is 32.2. The minimum Gasteiger partial charge on any atom is -0.487 e.